The van der Waals surface area contributed by atoms with Gasteiger partial charge in [0.1, 0.15) is 6.67 Å². The molecule has 0 saturated carbocycles. The van der Waals surface area contributed by atoms with E-state index in [1.165, 1.54) is 6.07 Å². The van der Waals surface area contributed by atoms with E-state index in [0.29, 0.717) is 38.9 Å². The van der Waals surface area contributed by atoms with Crippen LogP contribution in [0.5, 0.6) is 11.5 Å². The van der Waals surface area contributed by atoms with Gasteiger partial charge in [-0.3, -0.25) is 14.7 Å². The highest BCUT2D eigenvalue weighted by Crippen LogP contribution is 2.38. The highest BCUT2D eigenvalue weighted by atomic mass is 19.4. The predicted octanol–water partition coefficient (Wildman–Crippen LogP) is 5.44. The monoisotopic (exact) mass is 543 g/mol. The maximum atomic E-state index is 13.7. The second-order valence-electron chi connectivity index (χ2n) is 10.1. The van der Waals surface area contributed by atoms with E-state index in [2.05, 4.69) is 15.2 Å². The Kier molecular flexibility index (Phi) is 7.74. The van der Waals surface area contributed by atoms with Crippen molar-refractivity contribution in [1.29, 1.82) is 0 Å². The molecule has 206 valence electrons. The topological polar surface area (TPSA) is 63.7 Å². The van der Waals surface area contributed by atoms with Crippen LogP contribution in [0.2, 0.25) is 0 Å². The molecular weight excluding hydrogens is 514 g/mol. The zero-order valence-electron chi connectivity index (χ0n) is 21.3. The van der Waals surface area contributed by atoms with Crippen molar-refractivity contribution in [3.05, 3.63) is 88.7 Å². The van der Waals surface area contributed by atoms with Gasteiger partial charge >= 0.3 is 6.18 Å². The van der Waals surface area contributed by atoms with Gasteiger partial charge in [0.05, 0.1) is 11.0 Å². The lowest BCUT2D eigenvalue weighted by atomic mass is 9.73. The number of carbonyl (C=O) groups is 1. The van der Waals surface area contributed by atoms with Crippen molar-refractivity contribution in [3.8, 4) is 11.5 Å². The highest BCUT2D eigenvalue weighted by molar-refractivity contribution is 5.83. The molecule has 0 unspecified atom stereocenters. The molecule has 10 heteroatoms. The van der Waals surface area contributed by atoms with Crippen LogP contribution < -0.4 is 14.8 Å². The third-order valence-electron chi connectivity index (χ3n) is 7.39. The summed E-state index contributed by atoms with van der Waals surface area (Å²) in [7, 11) is 0. The summed E-state index contributed by atoms with van der Waals surface area (Å²) in [6, 6.07) is 12.7. The molecule has 1 fully saturated rings. The van der Waals surface area contributed by atoms with E-state index in [-0.39, 0.29) is 30.4 Å². The Bertz CT molecular complexity index is 1310. The number of halogens is 4. The van der Waals surface area contributed by atoms with Gasteiger partial charge in [0, 0.05) is 25.5 Å². The minimum absolute atomic E-state index is 0.0732. The van der Waals surface area contributed by atoms with E-state index in [1.54, 1.807) is 12.4 Å². The molecule has 0 bridgehead atoms. The number of aromatic nitrogens is 1. The Balaban J connectivity index is 1.29. The molecule has 2 aliphatic rings. The number of nitrogens with zero attached hydrogens (tertiary/aromatic N) is 2. The van der Waals surface area contributed by atoms with Crippen LogP contribution in [0.1, 0.15) is 40.7 Å². The summed E-state index contributed by atoms with van der Waals surface area (Å²) in [5.74, 6) is 1.22. The Hall–Kier alpha value is -3.66. The first-order valence-electron chi connectivity index (χ1n) is 12.8. The van der Waals surface area contributed by atoms with Crippen molar-refractivity contribution in [3.63, 3.8) is 0 Å². The molecule has 2 aromatic carbocycles. The van der Waals surface area contributed by atoms with Crippen molar-refractivity contribution >= 4 is 5.91 Å². The van der Waals surface area contributed by atoms with E-state index in [4.69, 9.17) is 9.47 Å². The number of alkyl halides is 4. The molecule has 0 atom stereocenters. The molecule has 5 rings (SSSR count). The van der Waals surface area contributed by atoms with Crippen LogP contribution in [-0.2, 0) is 37.2 Å². The van der Waals surface area contributed by atoms with Crippen LogP contribution in [0.4, 0.5) is 17.6 Å². The number of likely N-dealkylation sites (tertiary alicyclic amines) is 1. The van der Waals surface area contributed by atoms with E-state index in [0.717, 1.165) is 34.8 Å². The van der Waals surface area contributed by atoms with Gasteiger partial charge < -0.3 is 14.8 Å². The first-order chi connectivity index (χ1) is 18.7. The average molecular weight is 544 g/mol. The molecule has 3 aromatic rings. The number of amides is 1. The summed E-state index contributed by atoms with van der Waals surface area (Å²) < 4.78 is 64.0. The molecule has 3 heterocycles. The predicted molar refractivity (Wildman–Crippen MR) is 136 cm³/mol. The van der Waals surface area contributed by atoms with Crippen molar-refractivity contribution in [1.82, 2.24) is 15.2 Å². The first-order valence-corrected chi connectivity index (χ1v) is 12.8. The number of nitrogens with one attached hydrogen (secondary N) is 1. The summed E-state index contributed by atoms with van der Waals surface area (Å²) in [5, 5.41) is 2.85. The van der Waals surface area contributed by atoms with Gasteiger partial charge in [0.25, 0.3) is 0 Å². The van der Waals surface area contributed by atoms with Gasteiger partial charge in [0.2, 0.25) is 12.7 Å². The fraction of sp³-hybridized carbons (Fsp3) is 0.379. The third-order valence-corrected chi connectivity index (χ3v) is 7.39. The highest BCUT2D eigenvalue weighted by Gasteiger charge is 2.41. The van der Waals surface area contributed by atoms with Crippen LogP contribution in [0, 0.1) is 5.41 Å². The zero-order chi connectivity index (χ0) is 27.5. The Labute approximate surface area is 223 Å². The minimum Gasteiger partial charge on any atom is -0.454 e. The van der Waals surface area contributed by atoms with Crippen molar-refractivity contribution in [2.24, 2.45) is 5.41 Å². The minimum atomic E-state index is -4.60. The van der Waals surface area contributed by atoms with E-state index in [9.17, 15) is 22.4 Å². The third kappa shape index (κ3) is 6.33. The maximum absolute atomic E-state index is 13.7. The summed E-state index contributed by atoms with van der Waals surface area (Å²) in [6.07, 6.45) is 0.390. The lowest BCUT2D eigenvalue weighted by Gasteiger charge is -2.41. The van der Waals surface area contributed by atoms with Gasteiger partial charge in [-0.2, -0.15) is 13.2 Å². The Morgan fingerprint density at radius 2 is 1.74 bits per heavy atom. The Morgan fingerprint density at radius 3 is 2.46 bits per heavy atom. The summed E-state index contributed by atoms with van der Waals surface area (Å²) in [4.78, 5) is 20.1. The second kappa shape index (κ2) is 11.2. The van der Waals surface area contributed by atoms with Crippen LogP contribution in [0.3, 0.4) is 0 Å². The number of carbonyl (C=O) groups excluding carboxylic acids is 1. The quantitative estimate of drug-likeness (QED) is 0.384. The van der Waals surface area contributed by atoms with Gasteiger partial charge in [0.15, 0.2) is 11.5 Å². The number of ether oxygens (including phenoxy) is 2. The molecule has 0 aliphatic carbocycles. The number of pyridine rings is 1. The number of benzene rings is 2. The van der Waals surface area contributed by atoms with Crippen LogP contribution in [-0.4, -0.2) is 35.7 Å². The summed E-state index contributed by atoms with van der Waals surface area (Å²) in [6.45, 7) is 1.09. The maximum Gasteiger partial charge on any atom is 0.416 e. The fourth-order valence-electron chi connectivity index (χ4n) is 5.29. The van der Waals surface area contributed by atoms with E-state index < -0.39 is 23.8 Å². The SMILES string of the molecule is O=C(NCc1cc(CF)cc(C(F)(F)F)c1)C1(Cc2cccnc2)CCN(Cc2ccc3c(c2)OCO3)CC1. The van der Waals surface area contributed by atoms with Crippen LogP contribution in [0.15, 0.2) is 60.9 Å². The number of piperidine rings is 1. The van der Waals surface area contributed by atoms with E-state index >= 15 is 0 Å². The van der Waals surface area contributed by atoms with Crippen molar-refractivity contribution in [2.75, 3.05) is 19.9 Å². The standard InChI is InChI=1S/C29H29F4N3O3/c30-15-22-10-23(12-24(11-22)29(31,32)33)17-35-27(37)28(14-21-2-1-7-34-16-21)5-8-36(9-6-28)18-20-3-4-25-26(13-20)39-19-38-25/h1-4,7,10-13,16H,5-6,8-9,14-15,17-19H2,(H,35,37). The zero-order valence-corrected chi connectivity index (χ0v) is 21.3. The summed E-state index contributed by atoms with van der Waals surface area (Å²) >= 11 is 0. The molecule has 1 saturated heterocycles. The molecule has 1 aromatic heterocycles. The molecule has 6 nitrogen and oxygen atoms in total. The molecule has 39 heavy (non-hydrogen) atoms. The number of rotatable bonds is 8. The van der Waals surface area contributed by atoms with Crippen LogP contribution >= 0.6 is 0 Å². The van der Waals surface area contributed by atoms with Gasteiger partial charge in [-0.25, -0.2) is 4.39 Å². The molecule has 2 aliphatic heterocycles. The van der Waals surface area contributed by atoms with Crippen molar-refractivity contribution in [2.45, 2.75) is 45.2 Å². The van der Waals surface area contributed by atoms with Gasteiger partial charge in [-0.1, -0.05) is 18.2 Å². The Morgan fingerprint density at radius 1 is 0.974 bits per heavy atom. The molecule has 0 spiro atoms. The largest absolute Gasteiger partial charge is 0.454 e. The molecule has 1 N–H and O–H groups in total. The lowest BCUT2D eigenvalue weighted by molar-refractivity contribution is -0.137. The van der Waals surface area contributed by atoms with Gasteiger partial charge in [-0.15, -0.1) is 0 Å². The number of hydrogen-bond acceptors (Lipinski definition) is 5. The van der Waals surface area contributed by atoms with Crippen molar-refractivity contribution < 1.29 is 31.8 Å². The van der Waals surface area contributed by atoms with E-state index in [1.807, 2.05) is 30.3 Å². The lowest BCUT2D eigenvalue weighted by Crippen LogP contribution is -2.49. The summed E-state index contributed by atoms with van der Waals surface area (Å²) in [5.41, 5.74) is 0.452. The second-order valence-corrected chi connectivity index (χ2v) is 10.1. The van der Waals surface area contributed by atoms with Crippen LogP contribution in [0.25, 0.3) is 0 Å². The van der Waals surface area contributed by atoms with Gasteiger partial charge in [-0.05, 0) is 84.9 Å². The molecule has 0 radical (unpaired) electrons. The number of hydrogen-bond donors (Lipinski definition) is 1. The molecule has 1 amide bonds. The molecular formula is C29H29F4N3O3. The smallest absolute Gasteiger partial charge is 0.416 e. The normalized spacial score (nSPS) is 16.7. The first kappa shape index (κ1) is 26.9. The fourth-order valence-corrected chi connectivity index (χ4v) is 5.29. The number of fused-ring (bicyclic) bond motifs is 1. The average Bonchev–Trinajstić information content (AvgIpc) is 3.41.